The highest BCUT2D eigenvalue weighted by Crippen LogP contribution is 2.28. The molecule has 2 heterocycles. The average molecular weight is 377 g/mol. The zero-order valence-electron chi connectivity index (χ0n) is 15.1. The summed E-state index contributed by atoms with van der Waals surface area (Å²) in [6, 6.07) is 12.3. The van der Waals surface area contributed by atoms with Gasteiger partial charge < -0.3 is 0 Å². The Morgan fingerprint density at radius 1 is 1.23 bits per heavy atom. The van der Waals surface area contributed by atoms with Gasteiger partial charge in [-0.05, 0) is 42.7 Å². The van der Waals surface area contributed by atoms with E-state index in [1.165, 1.54) is 20.7 Å². The fourth-order valence-corrected chi connectivity index (χ4v) is 4.49. The standard InChI is InChI=1S/C19H24FN3O2S/c1-22(2)26(24,25)23-11-5-7-16(14-23)19-10-4-9-18(21-19)13-15-6-3-8-17(20)12-15/h3-4,6,8-10,12,16H,5,7,11,13-14H2,1-2H3/t16-/m1/s1. The number of benzene rings is 1. The van der Waals surface area contributed by atoms with E-state index >= 15 is 0 Å². The molecule has 1 aromatic heterocycles. The zero-order valence-corrected chi connectivity index (χ0v) is 15.9. The van der Waals surface area contributed by atoms with Crippen LogP contribution in [0.3, 0.4) is 0 Å². The third-order valence-electron chi connectivity index (χ3n) is 4.69. The molecule has 0 saturated carbocycles. The van der Waals surface area contributed by atoms with Crippen LogP contribution in [0.15, 0.2) is 42.5 Å². The summed E-state index contributed by atoms with van der Waals surface area (Å²) in [5.41, 5.74) is 2.63. The van der Waals surface area contributed by atoms with E-state index < -0.39 is 10.2 Å². The van der Waals surface area contributed by atoms with E-state index in [1.54, 1.807) is 20.2 Å². The van der Waals surface area contributed by atoms with E-state index in [1.807, 2.05) is 24.3 Å². The smallest absolute Gasteiger partial charge is 0.257 e. The third-order valence-corrected chi connectivity index (χ3v) is 6.60. The Balaban J connectivity index is 1.77. The van der Waals surface area contributed by atoms with Crippen molar-refractivity contribution in [2.24, 2.45) is 0 Å². The molecule has 1 atom stereocenters. The summed E-state index contributed by atoms with van der Waals surface area (Å²) in [4.78, 5) is 4.73. The van der Waals surface area contributed by atoms with Gasteiger partial charge in [-0.2, -0.15) is 17.0 Å². The molecule has 5 nitrogen and oxygen atoms in total. The molecule has 2 aromatic rings. The van der Waals surface area contributed by atoms with Crippen molar-refractivity contribution < 1.29 is 12.8 Å². The van der Waals surface area contributed by atoms with Crippen molar-refractivity contribution in [2.75, 3.05) is 27.2 Å². The predicted molar refractivity (Wildman–Crippen MR) is 99.6 cm³/mol. The molecule has 0 aliphatic carbocycles. The number of piperidine rings is 1. The highest BCUT2D eigenvalue weighted by molar-refractivity contribution is 7.86. The van der Waals surface area contributed by atoms with Crippen molar-refractivity contribution in [3.05, 3.63) is 65.2 Å². The maximum Gasteiger partial charge on any atom is 0.281 e. The number of nitrogens with zero attached hydrogens (tertiary/aromatic N) is 3. The van der Waals surface area contributed by atoms with Gasteiger partial charge in [-0.1, -0.05) is 18.2 Å². The van der Waals surface area contributed by atoms with Crippen molar-refractivity contribution in [2.45, 2.75) is 25.2 Å². The normalized spacial score (nSPS) is 19.0. The van der Waals surface area contributed by atoms with Gasteiger partial charge in [0.05, 0.1) is 0 Å². The molecular weight excluding hydrogens is 353 g/mol. The van der Waals surface area contributed by atoms with Crippen molar-refractivity contribution >= 4 is 10.2 Å². The van der Waals surface area contributed by atoms with Crippen molar-refractivity contribution in [1.82, 2.24) is 13.6 Å². The van der Waals surface area contributed by atoms with E-state index in [9.17, 15) is 12.8 Å². The summed E-state index contributed by atoms with van der Waals surface area (Å²) in [5.74, 6) is -0.179. The summed E-state index contributed by atoms with van der Waals surface area (Å²) in [6.07, 6.45) is 2.28. The Morgan fingerprint density at radius 2 is 2.00 bits per heavy atom. The van der Waals surface area contributed by atoms with E-state index in [-0.39, 0.29) is 11.7 Å². The van der Waals surface area contributed by atoms with Crippen molar-refractivity contribution in [3.8, 4) is 0 Å². The average Bonchev–Trinajstić information content (AvgIpc) is 2.62. The minimum absolute atomic E-state index is 0.0749. The number of rotatable bonds is 5. The first-order valence-corrected chi connectivity index (χ1v) is 10.1. The number of aromatic nitrogens is 1. The van der Waals surface area contributed by atoms with Gasteiger partial charge in [0.2, 0.25) is 0 Å². The quantitative estimate of drug-likeness (QED) is 0.805. The summed E-state index contributed by atoms with van der Waals surface area (Å²) < 4.78 is 41.0. The van der Waals surface area contributed by atoms with Gasteiger partial charge in [-0.3, -0.25) is 4.98 Å². The molecule has 1 aliphatic rings. The molecule has 0 unspecified atom stereocenters. The second kappa shape index (κ2) is 7.82. The Hall–Kier alpha value is -1.83. The van der Waals surface area contributed by atoms with E-state index in [0.717, 1.165) is 29.8 Å². The molecule has 3 rings (SSSR count). The molecule has 1 saturated heterocycles. The van der Waals surface area contributed by atoms with Crippen molar-refractivity contribution in [3.63, 3.8) is 0 Å². The number of pyridine rings is 1. The van der Waals surface area contributed by atoms with Crippen LogP contribution in [-0.4, -0.2) is 49.2 Å². The summed E-state index contributed by atoms with van der Waals surface area (Å²) in [5, 5.41) is 0. The predicted octanol–water partition coefficient (Wildman–Crippen LogP) is 2.80. The molecule has 0 amide bonds. The lowest BCUT2D eigenvalue weighted by Crippen LogP contribution is -2.45. The molecule has 26 heavy (non-hydrogen) atoms. The summed E-state index contributed by atoms with van der Waals surface area (Å²) in [7, 11) is -0.302. The van der Waals surface area contributed by atoms with Gasteiger partial charge >= 0.3 is 0 Å². The molecule has 1 aromatic carbocycles. The lowest BCUT2D eigenvalue weighted by atomic mass is 9.95. The second-order valence-corrected chi connectivity index (χ2v) is 8.99. The van der Waals surface area contributed by atoms with E-state index in [2.05, 4.69) is 0 Å². The Bertz CT molecular complexity index is 871. The Morgan fingerprint density at radius 3 is 2.73 bits per heavy atom. The molecule has 0 radical (unpaired) electrons. The summed E-state index contributed by atoms with van der Waals surface area (Å²) in [6.45, 7) is 0.983. The first kappa shape index (κ1) is 18.9. The highest BCUT2D eigenvalue weighted by Gasteiger charge is 2.31. The van der Waals surface area contributed by atoms with Crippen LogP contribution in [0.2, 0.25) is 0 Å². The third kappa shape index (κ3) is 4.28. The molecule has 0 N–H and O–H groups in total. The fraction of sp³-hybridized carbons (Fsp3) is 0.421. The van der Waals surface area contributed by atoms with Gasteiger partial charge in [0.1, 0.15) is 5.82 Å². The number of hydrogen-bond acceptors (Lipinski definition) is 3. The lowest BCUT2D eigenvalue weighted by molar-refractivity contribution is 0.296. The Labute approximate surface area is 154 Å². The highest BCUT2D eigenvalue weighted by atomic mass is 32.2. The first-order chi connectivity index (χ1) is 12.4. The molecule has 0 bridgehead atoms. The van der Waals surface area contributed by atoms with Gasteiger partial charge in [0.25, 0.3) is 10.2 Å². The second-order valence-electron chi connectivity index (χ2n) is 6.85. The van der Waals surface area contributed by atoms with Crippen molar-refractivity contribution in [1.29, 1.82) is 0 Å². The molecule has 0 spiro atoms. The van der Waals surface area contributed by atoms with Gasteiger partial charge in [-0.25, -0.2) is 4.39 Å². The Kier molecular flexibility index (Phi) is 5.70. The van der Waals surface area contributed by atoms with Gasteiger partial charge in [-0.15, -0.1) is 0 Å². The number of halogens is 1. The minimum atomic E-state index is -3.41. The monoisotopic (exact) mass is 377 g/mol. The molecule has 7 heteroatoms. The molecule has 1 aliphatic heterocycles. The SMILES string of the molecule is CN(C)S(=O)(=O)N1CCC[C@@H](c2cccc(Cc3cccc(F)c3)n2)C1. The number of hydrogen-bond donors (Lipinski definition) is 0. The van der Waals surface area contributed by atoms with Crippen LogP contribution in [0.25, 0.3) is 0 Å². The lowest BCUT2D eigenvalue weighted by Gasteiger charge is -2.33. The summed E-state index contributed by atoms with van der Waals surface area (Å²) >= 11 is 0. The van der Waals surface area contributed by atoms with Crippen LogP contribution in [0.1, 0.15) is 35.7 Å². The van der Waals surface area contributed by atoms with E-state index in [4.69, 9.17) is 4.98 Å². The molecule has 1 fully saturated rings. The van der Waals surface area contributed by atoms with Crippen LogP contribution < -0.4 is 0 Å². The topological polar surface area (TPSA) is 53.5 Å². The zero-order chi connectivity index (χ0) is 18.7. The fourth-order valence-electron chi connectivity index (χ4n) is 3.30. The van der Waals surface area contributed by atoms with Gasteiger partial charge in [0.15, 0.2) is 0 Å². The van der Waals surface area contributed by atoms with Crippen LogP contribution in [0.5, 0.6) is 0 Å². The maximum absolute atomic E-state index is 13.4. The van der Waals surface area contributed by atoms with Crippen LogP contribution in [0.4, 0.5) is 4.39 Å². The molecule has 140 valence electrons. The van der Waals surface area contributed by atoms with Crippen LogP contribution in [0, 0.1) is 5.82 Å². The van der Waals surface area contributed by atoms with Gasteiger partial charge in [0, 0.05) is 50.9 Å². The van der Waals surface area contributed by atoms with E-state index in [0.29, 0.717) is 19.5 Å². The minimum Gasteiger partial charge on any atom is -0.257 e. The van der Waals surface area contributed by atoms with Crippen LogP contribution in [-0.2, 0) is 16.6 Å². The maximum atomic E-state index is 13.4. The first-order valence-electron chi connectivity index (χ1n) is 8.74. The molecular formula is C19H24FN3O2S. The largest absolute Gasteiger partial charge is 0.281 e. The van der Waals surface area contributed by atoms with Crippen LogP contribution >= 0.6 is 0 Å².